The van der Waals surface area contributed by atoms with Gasteiger partial charge in [0, 0.05) is 0 Å². The number of aryl methyl sites for hydroxylation is 1. The van der Waals surface area contributed by atoms with Gasteiger partial charge in [-0.1, -0.05) is 6.07 Å². The lowest BCUT2D eigenvalue weighted by atomic mass is 10.00. The van der Waals surface area contributed by atoms with Crippen LogP contribution in [0.1, 0.15) is 22.9 Å². The van der Waals surface area contributed by atoms with E-state index in [-0.39, 0.29) is 5.88 Å². The molecule has 1 unspecified atom stereocenters. The number of hydrogen-bond acceptors (Lipinski definition) is 5. The fraction of sp³-hybridized carbons (Fsp3) is 0.231. The lowest BCUT2D eigenvalue weighted by Gasteiger charge is -2.13. The van der Waals surface area contributed by atoms with Crippen molar-refractivity contribution in [3.8, 4) is 5.75 Å². The maximum atomic E-state index is 10.6. The molecule has 100 valence electrons. The molecule has 2 aromatic rings. The minimum Gasteiger partial charge on any atom is -0.497 e. The summed E-state index contributed by atoms with van der Waals surface area (Å²) in [6.07, 6.45) is 0. The van der Waals surface area contributed by atoms with Gasteiger partial charge in [0.15, 0.2) is 0 Å². The molecule has 0 aliphatic heterocycles. The van der Waals surface area contributed by atoms with Crippen molar-refractivity contribution in [1.29, 1.82) is 0 Å². The number of methoxy groups -OCH3 is 1. The van der Waals surface area contributed by atoms with Gasteiger partial charge in [0.25, 0.3) is 0 Å². The standard InChI is InChI=1S/C13H14N2O4/c1-8-7-9(18-2)3-4-10(8)13(14)11-5-6-12(19-11)15(16)17/h3-7,13H,14H2,1-2H3. The smallest absolute Gasteiger partial charge is 0.433 e. The van der Waals surface area contributed by atoms with E-state index in [0.717, 1.165) is 16.9 Å². The molecule has 2 rings (SSSR count). The van der Waals surface area contributed by atoms with E-state index in [1.807, 2.05) is 19.1 Å². The first kappa shape index (κ1) is 13.1. The van der Waals surface area contributed by atoms with Gasteiger partial charge in [-0.15, -0.1) is 0 Å². The topological polar surface area (TPSA) is 91.5 Å². The molecule has 19 heavy (non-hydrogen) atoms. The number of benzene rings is 1. The van der Waals surface area contributed by atoms with E-state index < -0.39 is 11.0 Å². The van der Waals surface area contributed by atoms with Gasteiger partial charge >= 0.3 is 5.88 Å². The van der Waals surface area contributed by atoms with Crippen molar-refractivity contribution in [2.45, 2.75) is 13.0 Å². The van der Waals surface area contributed by atoms with Crippen LogP contribution in [-0.4, -0.2) is 12.0 Å². The summed E-state index contributed by atoms with van der Waals surface area (Å²) < 4.78 is 10.2. The van der Waals surface area contributed by atoms with Crippen molar-refractivity contribution in [3.05, 3.63) is 57.3 Å². The van der Waals surface area contributed by atoms with Crippen molar-refractivity contribution < 1.29 is 14.1 Å². The van der Waals surface area contributed by atoms with Gasteiger partial charge in [0.05, 0.1) is 19.2 Å². The van der Waals surface area contributed by atoms with E-state index in [4.69, 9.17) is 14.9 Å². The average molecular weight is 262 g/mol. The highest BCUT2D eigenvalue weighted by Crippen LogP contribution is 2.28. The number of ether oxygens (including phenoxy) is 1. The molecule has 6 heteroatoms. The Bertz CT molecular complexity index is 606. The van der Waals surface area contributed by atoms with Gasteiger partial charge in [0.1, 0.15) is 16.4 Å². The maximum absolute atomic E-state index is 10.6. The van der Waals surface area contributed by atoms with Crippen LogP contribution in [0.4, 0.5) is 5.88 Å². The van der Waals surface area contributed by atoms with Gasteiger partial charge in [-0.2, -0.15) is 0 Å². The normalized spacial score (nSPS) is 12.2. The quantitative estimate of drug-likeness (QED) is 0.675. The Balaban J connectivity index is 2.32. The summed E-state index contributed by atoms with van der Waals surface area (Å²) in [6.45, 7) is 1.90. The van der Waals surface area contributed by atoms with Gasteiger partial charge < -0.3 is 14.9 Å². The Morgan fingerprint density at radius 1 is 1.37 bits per heavy atom. The SMILES string of the molecule is COc1ccc(C(N)c2ccc([N+](=O)[O-])o2)c(C)c1. The van der Waals surface area contributed by atoms with Gasteiger partial charge in [-0.3, -0.25) is 10.1 Å². The van der Waals surface area contributed by atoms with Crippen molar-refractivity contribution in [2.24, 2.45) is 5.73 Å². The molecule has 0 saturated heterocycles. The molecule has 1 aromatic heterocycles. The van der Waals surface area contributed by atoms with E-state index in [9.17, 15) is 10.1 Å². The summed E-state index contributed by atoms with van der Waals surface area (Å²) in [4.78, 5) is 9.99. The highest BCUT2D eigenvalue weighted by Gasteiger charge is 2.19. The van der Waals surface area contributed by atoms with E-state index in [2.05, 4.69) is 0 Å². The average Bonchev–Trinajstić information content (AvgIpc) is 2.87. The highest BCUT2D eigenvalue weighted by molar-refractivity contribution is 5.39. The Morgan fingerprint density at radius 2 is 2.11 bits per heavy atom. The first-order chi connectivity index (χ1) is 9.02. The molecule has 0 bridgehead atoms. The molecule has 0 saturated carbocycles. The Kier molecular flexibility index (Phi) is 3.52. The fourth-order valence-corrected chi connectivity index (χ4v) is 1.88. The van der Waals surface area contributed by atoms with Gasteiger partial charge in [-0.05, 0) is 36.2 Å². The van der Waals surface area contributed by atoms with Gasteiger partial charge in [0.2, 0.25) is 0 Å². The number of nitro groups is 1. The predicted molar refractivity (Wildman–Crippen MR) is 69.1 cm³/mol. The van der Waals surface area contributed by atoms with Crippen LogP contribution >= 0.6 is 0 Å². The number of nitrogens with two attached hydrogens (primary N) is 1. The van der Waals surface area contributed by atoms with Crippen molar-refractivity contribution in [2.75, 3.05) is 7.11 Å². The largest absolute Gasteiger partial charge is 0.497 e. The minimum absolute atomic E-state index is 0.309. The second-order valence-electron chi connectivity index (χ2n) is 4.13. The zero-order chi connectivity index (χ0) is 14.0. The molecule has 1 heterocycles. The summed E-state index contributed by atoms with van der Waals surface area (Å²) >= 11 is 0. The van der Waals surface area contributed by atoms with Gasteiger partial charge in [-0.25, -0.2) is 0 Å². The number of furan rings is 1. The van der Waals surface area contributed by atoms with Crippen molar-refractivity contribution in [1.82, 2.24) is 0 Å². The Morgan fingerprint density at radius 3 is 2.63 bits per heavy atom. The van der Waals surface area contributed by atoms with Crippen LogP contribution in [0.3, 0.4) is 0 Å². The molecule has 1 aromatic carbocycles. The maximum Gasteiger partial charge on any atom is 0.433 e. The van der Waals surface area contributed by atoms with Crippen LogP contribution in [0.25, 0.3) is 0 Å². The number of rotatable bonds is 4. The molecule has 2 N–H and O–H groups in total. The van der Waals surface area contributed by atoms with Crippen LogP contribution in [-0.2, 0) is 0 Å². The third-order valence-electron chi connectivity index (χ3n) is 2.91. The van der Waals surface area contributed by atoms with E-state index in [1.54, 1.807) is 13.2 Å². The molecule has 1 atom stereocenters. The summed E-state index contributed by atoms with van der Waals surface area (Å²) in [5.41, 5.74) is 7.84. The summed E-state index contributed by atoms with van der Waals surface area (Å²) in [5, 5.41) is 10.6. The van der Waals surface area contributed by atoms with Crippen LogP contribution in [0.2, 0.25) is 0 Å². The van der Waals surface area contributed by atoms with Crippen LogP contribution < -0.4 is 10.5 Å². The zero-order valence-electron chi connectivity index (χ0n) is 10.6. The third kappa shape index (κ3) is 2.58. The van der Waals surface area contributed by atoms with Crippen molar-refractivity contribution in [3.63, 3.8) is 0 Å². The summed E-state index contributed by atoms with van der Waals surface area (Å²) in [5.74, 6) is 0.787. The molecule has 0 fully saturated rings. The monoisotopic (exact) mass is 262 g/mol. The summed E-state index contributed by atoms with van der Waals surface area (Å²) in [7, 11) is 1.59. The van der Waals surface area contributed by atoms with Crippen LogP contribution in [0.5, 0.6) is 5.75 Å². The molecule has 0 aliphatic rings. The Hall–Kier alpha value is -2.34. The van der Waals surface area contributed by atoms with E-state index >= 15 is 0 Å². The first-order valence-electron chi connectivity index (χ1n) is 5.67. The molecule has 6 nitrogen and oxygen atoms in total. The molecular formula is C13H14N2O4. The van der Waals surface area contributed by atoms with Crippen LogP contribution in [0.15, 0.2) is 34.7 Å². The zero-order valence-corrected chi connectivity index (χ0v) is 10.6. The number of hydrogen-bond donors (Lipinski definition) is 1. The molecule has 0 spiro atoms. The summed E-state index contributed by atoms with van der Waals surface area (Å²) in [6, 6.07) is 7.75. The highest BCUT2D eigenvalue weighted by atomic mass is 16.6. The van der Waals surface area contributed by atoms with E-state index in [1.165, 1.54) is 12.1 Å². The molecule has 0 amide bonds. The third-order valence-corrected chi connectivity index (χ3v) is 2.91. The lowest BCUT2D eigenvalue weighted by Crippen LogP contribution is -2.12. The molecular weight excluding hydrogens is 248 g/mol. The molecule has 0 aliphatic carbocycles. The van der Waals surface area contributed by atoms with E-state index in [0.29, 0.717) is 5.76 Å². The lowest BCUT2D eigenvalue weighted by molar-refractivity contribution is -0.402. The second-order valence-corrected chi connectivity index (χ2v) is 4.13. The Labute approximate surface area is 109 Å². The number of nitrogens with zero attached hydrogens (tertiary/aromatic N) is 1. The molecule has 0 radical (unpaired) electrons. The first-order valence-corrected chi connectivity index (χ1v) is 5.67. The fourth-order valence-electron chi connectivity index (χ4n) is 1.88. The van der Waals surface area contributed by atoms with Crippen molar-refractivity contribution >= 4 is 5.88 Å². The predicted octanol–water partition coefficient (Wildman–Crippen LogP) is 2.55. The van der Waals surface area contributed by atoms with Crippen LogP contribution in [0, 0.1) is 17.0 Å². The second kappa shape index (κ2) is 5.11. The minimum atomic E-state index is -0.586.